The van der Waals surface area contributed by atoms with E-state index in [1.54, 1.807) is 11.6 Å². The fourth-order valence-corrected chi connectivity index (χ4v) is 3.13. The summed E-state index contributed by atoms with van der Waals surface area (Å²) in [5.41, 5.74) is 1.43. The molecular formula is C18H18BrClN6O3. The van der Waals surface area contributed by atoms with Gasteiger partial charge in [0.15, 0.2) is 11.2 Å². The first-order valence-electron chi connectivity index (χ1n) is 8.56. The lowest BCUT2D eigenvalue weighted by Crippen LogP contribution is -2.28. The molecule has 0 N–H and O–H groups in total. The summed E-state index contributed by atoms with van der Waals surface area (Å²) in [5.74, 6) is 0.191. The van der Waals surface area contributed by atoms with Crippen LogP contribution in [-0.4, -0.2) is 50.1 Å². The number of carbonyl (C=O) groups is 1. The number of ether oxygens (including phenoxy) is 1. The molecule has 0 aliphatic carbocycles. The van der Waals surface area contributed by atoms with Crippen LogP contribution >= 0.6 is 27.5 Å². The van der Waals surface area contributed by atoms with Crippen molar-refractivity contribution in [3.05, 3.63) is 56.3 Å². The molecule has 29 heavy (non-hydrogen) atoms. The Bertz CT molecular complexity index is 1130. The van der Waals surface area contributed by atoms with Crippen molar-refractivity contribution in [1.29, 1.82) is 0 Å². The smallest absolute Gasteiger partial charge is 0.280 e. The topological polar surface area (TPSA) is 94.6 Å². The number of benzene rings is 1. The zero-order chi connectivity index (χ0) is 21.0. The average molecular weight is 482 g/mol. The van der Waals surface area contributed by atoms with Gasteiger partial charge in [-0.15, -0.1) is 5.10 Å². The number of hydrogen-bond acceptors (Lipinski definition) is 6. The average Bonchev–Trinajstić information content (AvgIpc) is 3.10. The van der Waals surface area contributed by atoms with Gasteiger partial charge in [-0.05, 0) is 40.0 Å². The number of aryl methyl sites for hydroxylation is 1. The maximum atomic E-state index is 12.6. The normalized spacial score (nSPS) is 11.7. The predicted octanol–water partition coefficient (Wildman–Crippen LogP) is 2.21. The summed E-state index contributed by atoms with van der Waals surface area (Å²) >= 11 is 9.44. The van der Waals surface area contributed by atoms with Crippen molar-refractivity contribution in [1.82, 2.24) is 24.1 Å². The van der Waals surface area contributed by atoms with Crippen LogP contribution in [0.25, 0.3) is 11.2 Å². The Morgan fingerprint density at radius 1 is 1.38 bits per heavy atom. The molecule has 0 spiro atoms. The standard InChI is InChI=1S/C18H18BrClN6O3/c1-24-9-21-17-16(24)18(28)25(10-22-17)8-15(29-2)23-26(11-27)6-5-12-3-4-13(19)14(20)7-12/h3-4,7,9-11H,5-6,8H2,1-2H3/b23-15-. The highest BCUT2D eigenvalue weighted by molar-refractivity contribution is 9.10. The van der Waals surface area contributed by atoms with E-state index in [1.807, 2.05) is 18.2 Å². The minimum absolute atomic E-state index is 0.0257. The molecule has 0 radical (unpaired) electrons. The molecule has 0 fully saturated rings. The van der Waals surface area contributed by atoms with Crippen molar-refractivity contribution in [3.8, 4) is 0 Å². The predicted molar refractivity (Wildman–Crippen MR) is 113 cm³/mol. The number of fused-ring (bicyclic) bond motifs is 1. The highest BCUT2D eigenvalue weighted by atomic mass is 79.9. The summed E-state index contributed by atoms with van der Waals surface area (Å²) in [7, 11) is 3.15. The Hall–Kier alpha value is -2.72. The minimum Gasteiger partial charge on any atom is -0.482 e. The Balaban J connectivity index is 1.76. The molecule has 0 saturated carbocycles. The van der Waals surface area contributed by atoms with E-state index in [0.29, 0.717) is 35.6 Å². The zero-order valence-electron chi connectivity index (χ0n) is 15.7. The molecule has 0 aliphatic rings. The van der Waals surface area contributed by atoms with Crippen molar-refractivity contribution in [3.63, 3.8) is 0 Å². The van der Waals surface area contributed by atoms with Crippen LogP contribution in [0.15, 0.2) is 45.2 Å². The van der Waals surface area contributed by atoms with Gasteiger partial charge in [0.1, 0.15) is 12.9 Å². The maximum absolute atomic E-state index is 12.6. The summed E-state index contributed by atoms with van der Waals surface area (Å²) in [4.78, 5) is 32.3. The third-order valence-corrected chi connectivity index (χ3v) is 5.45. The van der Waals surface area contributed by atoms with Crippen molar-refractivity contribution >= 4 is 51.0 Å². The highest BCUT2D eigenvalue weighted by Crippen LogP contribution is 2.23. The van der Waals surface area contributed by atoms with Crippen LogP contribution in [0, 0.1) is 0 Å². The molecule has 0 aliphatic heterocycles. The van der Waals surface area contributed by atoms with Gasteiger partial charge in [0.2, 0.25) is 12.3 Å². The molecule has 2 aromatic heterocycles. The van der Waals surface area contributed by atoms with Gasteiger partial charge in [0.25, 0.3) is 5.56 Å². The number of aromatic nitrogens is 4. The number of carbonyl (C=O) groups excluding carboxylic acids is 1. The lowest BCUT2D eigenvalue weighted by molar-refractivity contribution is -0.118. The molecule has 0 bridgehead atoms. The molecule has 3 rings (SSSR count). The number of rotatable bonds is 7. The summed E-state index contributed by atoms with van der Waals surface area (Å²) in [5, 5.41) is 6.02. The molecule has 1 aromatic carbocycles. The number of methoxy groups -OCH3 is 1. The molecule has 11 heteroatoms. The first-order valence-corrected chi connectivity index (χ1v) is 9.73. The van der Waals surface area contributed by atoms with Gasteiger partial charge in [-0.2, -0.15) is 0 Å². The largest absolute Gasteiger partial charge is 0.482 e. The van der Waals surface area contributed by atoms with E-state index in [9.17, 15) is 9.59 Å². The third-order valence-electron chi connectivity index (χ3n) is 4.22. The van der Waals surface area contributed by atoms with Crippen LogP contribution in [0.4, 0.5) is 0 Å². The van der Waals surface area contributed by atoms with Crippen LogP contribution in [0.3, 0.4) is 0 Å². The Morgan fingerprint density at radius 3 is 2.83 bits per heavy atom. The molecule has 2 heterocycles. The minimum atomic E-state index is -0.276. The number of amides is 1. The van der Waals surface area contributed by atoms with Gasteiger partial charge in [-0.1, -0.05) is 17.7 Å². The van der Waals surface area contributed by atoms with E-state index in [2.05, 4.69) is 31.0 Å². The number of hydrogen-bond donors (Lipinski definition) is 0. The fourth-order valence-electron chi connectivity index (χ4n) is 2.68. The monoisotopic (exact) mass is 480 g/mol. The number of imidazole rings is 1. The van der Waals surface area contributed by atoms with Crippen LogP contribution < -0.4 is 5.56 Å². The van der Waals surface area contributed by atoms with Gasteiger partial charge < -0.3 is 9.30 Å². The van der Waals surface area contributed by atoms with Crippen LogP contribution in [-0.2, 0) is 29.5 Å². The van der Waals surface area contributed by atoms with Gasteiger partial charge in [-0.3, -0.25) is 14.2 Å². The first-order chi connectivity index (χ1) is 13.9. The molecule has 0 unspecified atom stereocenters. The highest BCUT2D eigenvalue weighted by Gasteiger charge is 2.12. The van der Waals surface area contributed by atoms with Crippen molar-refractivity contribution in [2.75, 3.05) is 13.7 Å². The molecule has 3 aromatic rings. The molecule has 0 saturated heterocycles. The van der Waals surface area contributed by atoms with Gasteiger partial charge in [0.05, 0.1) is 18.5 Å². The second kappa shape index (κ2) is 9.19. The van der Waals surface area contributed by atoms with Crippen molar-refractivity contribution < 1.29 is 9.53 Å². The van der Waals surface area contributed by atoms with Crippen LogP contribution in [0.5, 0.6) is 0 Å². The van der Waals surface area contributed by atoms with E-state index in [0.717, 1.165) is 10.0 Å². The van der Waals surface area contributed by atoms with E-state index >= 15 is 0 Å². The Morgan fingerprint density at radius 2 is 2.14 bits per heavy atom. The zero-order valence-corrected chi connectivity index (χ0v) is 18.1. The molecule has 152 valence electrons. The Labute approximate surface area is 179 Å². The second-order valence-electron chi connectivity index (χ2n) is 6.17. The van der Waals surface area contributed by atoms with Crippen LogP contribution in [0.1, 0.15) is 5.56 Å². The van der Waals surface area contributed by atoms with Gasteiger partial charge in [0, 0.05) is 18.1 Å². The Kier molecular flexibility index (Phi) is 6.65. The van der Waals surface area contributed by atoms with E-state index in [-0.39, 0.29) is 18.0 Å². The van der Waals surface area contributed by atoms with Crippen LogP contribution in [0.2, 0.25) is 5.02 Å². The summed E-state index contributed by atoms with van der Waals surface area (Å²) in [6.07, 6.45) is 4.05. The van der Waals surface area contributed by atoms with E-state index in [1.165, 1.54) is 29.3 Å². The molecule has 0 atom stereocenters. The lowest BCUT2D eigenvalue weighted by atomic mass is 10.1. The van der Waals surface area contributed by atoms with Crippen molar-refractivity contribution in [2.24, 2.45) is 12.1 Å². The number of halogens is 2. The quantitative estimate of drug-likeness (QED) is 0.223. The number of nitrogens with zero attached hydrogens (tertiary/aromatic N) is 6. The van der Waals surface area contributed by atoms with E-state index < -0.39 is 0 Å². The first kappa shape index (κ1) is 21.0. The third kappa shape index (κ3) is 4.83. The summed E-state index contributed by atoms with van der Waals surface area (Å²) in [6.45, 7) is 0.347. The summed E-state index contributed by atoms with van der Waals surface area (Å²) in [6, 6.07) is 5.58. The maximum Gasteiger partial charge on any atom is 0.280 e. The summed E-state index contributed by atoms with van der Waals surface area (Å²) < 4.78 is 9.02. The SMILES string of the molecule is CO/C(Cn1cnc2ncn(C)c2c1=O)=N\N(C=O)CCc1ccc(Br)c(Cl)c1. The fraction of sp³-hybridized carbons (Fsp3) is 0.278. The number of hydrazone groups is 1. The second-order valence-corrected chi connectivity index (χ2v) is 7.43. The van der Waals surface area contributed by atoms with E-state index in [4.69, 9.17) is 16.3 Å². The molecule has 9 nitrogen and oxygen atoms in total. The van der Waals surface area contributed by atoms with Gasteiger partial charge in [-0.25, -0.2) is 15.0 Å². The van der Waals surface area contributed by atoms with Crippen molar-refractivity contribution in [2.45, 2.75) is 13.0 Å². The van der Waals surface area contributed by atoms with Gasteiger partial charge >= 0.3 is 0 Å². The lowest BCUT2D eigenvalue weighted by Gasteiger charge is -2.14. The molecule has 1 amide bonds. The molecular weight excluding hydrogens is 464 g/mol.